The Labute approximate surface area is 61.1 Å². The Balaban J connectivity index is 3.01. The lowest BCUT2D eigenvalue weighted by molar-refractivity contribution is -0.390. The summed E-state index contributed by atoms with van der Waals surface area (Å²) in [5.74, 6) is -0.0951. The highest BCUT2D eigenvalue weighted by molar-refractivity contribution is 6.17. The maximum Gasteiger partial charge on any atom is 0.394 e. The summed E-state index contributed by atoms with van der Waals surface area (Å²) in [5, 5.41) is 15.8. The van der Waals surface area contributed by atoms with Crippen molar-refractivity contribution in [1.82, 2.24) is 10.2 Å². The molecule has 54 valence electrons. The van der Waals surface area contributed by atoms with Gasteiger partial charge < -0.3 is 10.1 Å². The predicted octanol–water partition coefficient (Wildman–Crippen LogP) is 1.06. The third kappa shape index (κ3) is 1.08. The quantitative estimate of drug-likeness (QED) is 0.400. The van der Waals surface area contributed by atoms with Crippen LogP contribution in [0.4, 0.5) is 5.82 Å². The van der Waals surface area contributed by atoms with Crippen molar-refractivity contribution in [3.63, 3.8) is 0 Å². The molecular weight excluding hydrogens is 158 g/mol. The number of hydrogen-bond acceptors (Lipinski definition) is 3. The van der Waals surface area contributed by atoms with Gasteiger partial charge in [0.05, 0.1) is 22.7 Å². The van der Waals surface area contributed by atoms with E-state index in [2.05, 4.69) is 10.2 Å². The largest absolute Gasteiger partial charge is 0.394 e. The lowest BCUT2D eigenvalue weighted by Crippen LogP contribution is -1.90. The molecular formula is C4H4ClN3O2. The van der Waals surface area contributed by atoms with Crippen LogP contribution in [0.5, 0.6) is 0 Å². The summed E-state index contributed by atoms with van der Waals surface area (Å²) >= 11 is 5.35. The number of nitrogens with zero attached hydrogens (tertiary/aromatic N) is 2. The van der Waals surface area contributed by atoms with E-state index in [-0.39, 0.29) is 11.7 Å². The second-order valence-electron chi connectivity index (χ2n) is 1.62. The second kappa shape index (κ2) is 2.66. The maximum absolute atomic E-state index is 10.1. The molecule has 1 N–H and O–H groups in total. The van der Waals surface area contributed by atoms with Crippen molar-refractivity contribution in [3.8, 4) is 0 Å². The van der Waals surface area contributed by atoms with Gasteiger partial charge in [0.2, 0.25) is 0 Å². The third-order valence-electron chi connectivity index (χ3n) is 1.01. The molecule has 1 aromatic rings. The van der Waals surface area contributed by atoms with Crippen molar-refractivity contribution in [3.05, 3.63) is 21.9 Å². The van der Waals surface area contributed by atoms with Gasteiger partial charge in [0.25, 0.3) is 0 Å². The van der Waals surface area contributed by atoms with Gasteiger partial charge in [0.1, 0.15) is 0 Å². The molecule has 0 saturated heterocycles. The third-order valence-corrected chi connectivity index (χ3v) is 1.30. The molecule has 0 spiro atoms. The summed E-state index contributed by atoms with van der Waals surface area (Å²) in [4.78, 5) is 9.53. The van der Waals surface area contributed by atoms with E-state index in [1.807, 2.05) is 0 Å². The fraction of sp³-hybridized carbons (Fsp3) is 0.250. The SMILES string of the molecule is O=[N+]([O-])c1n[nH]cc1CCl. The van der Waals surface area contributed by atoms with Crippen LogP contribution in [0.2, 0.25) is 0 Å². The summed E-state index contributed by atoms with van der Waals surface area (Å²) in [6.45, 7) is 0. The van der Waals surface area contributed by atoms with E-state index in [4.69, 9.17) is 11.6 Å². The first-order valence-electron chi connectivity index (χ1n) is 2.48. The Morgan fingerprint density at radius 2 is 2.60 bits per heavy atom. The van der Waals surface area contributed by atoms with E-state index in [0.717, 1.165) is 0 Å². The Morgan fingerprint density at radius 1 is 1.90 bits per heavy atom. The van der Waals surface area contributed by atoms with Crippen LogP contribution in [0, 0.1) is 10.1 Å². The van der Waals surface area contributed by atoms with Gasteiger partial charge in [-0.05, 0) is 4.92 Å². The minimum absolute atomic E-state index is 0.104. The molecule has 0 fully saturated rings. The monoisotopic (exact) mass is 161 g/mol. The molecule has 10 heavy (non-hydrogen) atoms. The topological polar surface area (TPSA) is 71.8 Å². The highest BCUT2D eigenvalue weighted by atomic mass is 35.5. The summed E-state index contributed by atoms with van der Waals surface area (Å²) in [5.41, 5.74) is 0.409. The van der Waals surface area contributed by atoms with Gasteiger partial charge in [-0.15, -0.1) is 11.6 Å². The predicted molar refractivity (Wildman–Crippen MR) is 34.8 cm³/mol. The lowest BCUT2D eigenvalue weighted by Gasteiger charge is -1.87. The maximum atomic E-state index is 10.1. The highest BCUT2D eigenvalue weighted by Gasteiger charge is 2.14. The van der Waals surface area contributed by atoms with Gasteiger partial charge in [-0.3, -0.25) is 0 Å². The van der Waals surface area contributed by atoms with Gasteiger partial charge >= 0.3 is 5.82 Å². The first kappa shape index (κ1) is 7.01. The summed E-state index contributed by atoms with van der Waals surface area (Å²) in [7, 11) is 0. The fourth-order valence-electron chi connectivity index (χ4n) is 0.564. The van der Waals surface area contributed by atoms with Gasteiger partial charge in [-0.2, -0.15) is 5.10 Å². The minimum Gasteiger partial charge on any atom is -0.358 e. The van der Waals surface area contributed by atoms with E-state index >= 15 is 0 Å². The van der Waals surface area contributed by atoms with Crippen LogP contribution in [0.25, 0.3) is 0 Å². The molecule has 0 aliphatic rings. The smallest absolute Gasteiger partial charge is 0.358 e. The number of aromatic nitrogens is 2. The number of alkyl halides is 1. The summed E-state index contributed by atoms with van der Waals surface area (Å²) in [6, 6.07) is 0. The van der Waals surface area contributed by atoms with Crippen LogP contribution >= 0.6 is 11.6 Å². The first-order chi connectivity index (χ1) is 4.75. The zero-order chi connectivity index (χ0) is 7.56. The fourth-order valence-corrected chi connectivity index (χ4v) is 0.761. The zero-order valence-electron chi connectivity index (χ0n) is 4.87. The summed E-state index contributed by atoms with van der Waals surface area (Å²) < 4.78 is 0. The van der Waals surface area contributed by atoms with Crippen LogP contribution in [0.3, 0.4) is 0 Å². The molecule has 1 aromatic heterocycles. The molecule has 0 atom stereocenters. The van der Waals surface area contributed by atoms with E-state index in [1.165, 1.54) is 6.20 Å². The molecule has 5 nitrogen and oxygen atoms in total. The number of H-pyrrole nitrogens is 1. The number of halogens is 1. The van der Waals surface area contributed by atoms with Crippen LogP contribution in [-0.4, -0.2) is 15.1 Å². The van der Waals surface area contributed by atoms with Crippen LogP contribution in [-0.2, 0) is 5.88 Å². The molecule has 6 heteroatoms. The van der Waals surface area contributed by atoms with Crippen molar-refractivity contribution in [2.75, 3.05) is 0 Å². The Hall–Kier alpha value is -1.10. The number of hydrogen-bond donors (Lipinski definition) is 1. The van der Waals surface area contributed by atoms with E-state index in [0.29, 0.717) is 5.56 Å². The van der Waals surface area contributed by atoms with Gasteiger partial charge in [-0.1, -0.05) is 0 Å². The number of rotatable bonds is 2. The molecule has 0 unspecified atom stereocenters. The minimum atomic E-state index is -0.575. The van der Waals surface area contributed by atoms with Crippen LogP contribution < -0.4 is 0 Å². The Morgan fingerprint density at radius 3 is 3.00 bits per heavy atom. The van der Waals surface area contributed by atoms with Crippen LogP contribution in [0.1, 0.15) is 5.56 Å². The molecule has 0 amide bonds. The normalized spacial score (nSPS) is 9.70. The van der Waals surface area contributed by atoms with Gasteiger partial charge in [0.15, 0.2) is 0 Å². The molecule has 0 aliphatic heterocycles. The van der Waals surface area contributed by atoms with Crippen molar-refractivity contribution in [1.29, 1.82) is 0 Å². The van der Waals surface area contributed by atoms with E-state index in [1.54, 1.807) is 0 Å². The molecule has 0 bridgehead atoms. The zero-order valence-corrected chi connectivity index (χ0v) is 5.63. The van der Waals surface area contributed by atoms with Crippen molar-refractivity contribution < 1.29 is 4.92 Å². The Bertz CT molecular complexity index is 246. The average molecular weight is 162 g/mol. The van der Waals surface area contributed by atoms with E-state index < -0.39 is 4.92 Å². The molecule has 0 aromatic carbocycles. The lowest BCUT2D eigenvalue weighted by atomic mass is 10.4. The van der Waals surface area contributed by atoms with Gasteiger partial charge in [0, 0.05) is 0 Å². The first-order valence-corrected chi connectivity index (χ1v) is 3.02. The van der Waals surface area contributed by atoms with Crippen LogP contribution in [0.15, 0.2) is 6.20 Å². The van der Waals surface area contributed by atoms with Gasteiger partial charge in [-0.25, -0.2) is 0 Å². The standard InChI is InChI=1S/C4H4ClN3O2/c5-1-3-2-6-7-4(3)8(9)10/h2H,1H2,(H,6,7). The van der Waals surface area contributed by atoms with Crippen molar-refractivity contribution >= 4 is 17.4 Å². The van der Waals surface area contributed by atoms with Crippen molar-refractivity contribution in [2.24, 2.45) is 0 Å². The number of nitro groups is 1. The van der Waals surface area contributed by atoms with E-state index in [9.17, 15) is 10.1 Å². The molecule has 0 aliphatic carbocycles. The molecule has 0 saturated carbocycles. The molecule has 1 heterocycles. The molecule has 1 rings (SSSR count). The summed E-state index contributed by atoms with van der Waals surface area (Å²) in [6.07, 6.45) is 1.41. The molecule has 0 radical (unpaired) electrons. The van der Waals surface area contributed by atoms with Crippen molar-refractivity contribution in [2.45, 2.75) is 5.88 Å². The Kier molecular flexibility index (Phi) is 1.86. The number of nitrogens with one attached hydrogen (secondary N) is 1. The second-order valence-corrected chi connectivity index (χ2v) is 1.89. The highest BCUT2D eigenvalue weighted by Crippen LogP contribution is 2.14. The number of aromatic amines is 1. The average Bonchev–Trinajstić information content (AvgIpc) is 2.33.